The lowest BCUT2D eigenvalue weighted by atomic mass is 9.75. The zero-order valence-electron chi connectivity index (χ0n) is 13.0. The number of amides is 1. The molecular weight excluding hydrogens is 284 g/mol. The van der Waals surface area contributed by atoms with Crippen molar-refractivity contribution in [2.45, 2.75) is 39.2 Å². The Bertz CT molecular complexity index is 478. The molecule has 0 spiro atoms. The Kier molecular flexibility index (Phi) is 5.65. The molecule has 116 valence electrons. The average Bonchev–Trinajstić information content (AvgIpc) is 2.47. The molecule has 1 aromatic carbocycles. The third kappa shape index (κ3) is 3.98. The summed E-state index contributed by atoms with van der Waals surface area (Å²) in [5.74, 6) is 0.261. The summed E-state index contributed by atoms with van der Waals surface area (Å²) in [4.78, 5) is 14.8. The van der Waals surface area contributed by atoms with Crippen molar-refractivity contribution in [3.63, 3.8) is 0 Å². The first kappa shape index (κ1) is 16.3. The van der Waals surface area contributed by atoms with Gasteiger partial charge in [-0.3, -0.25) is 4.79 Å². The first-order valence-corrected chi connectivity index (χ1v) is 8.16. The van der Waals surface area contributed by atoms with Crippen LogP contribution in [-0.4, -0.2) is 30.9 Å². The minimum absolute atomic E-state index is 0.222. The largest absolute Gasteiger partial charge is 0.341 e. The Morgan fingerprint density at radius 3 is 2.90 bits per heavy atom. The fourth-order valence-corrected chi connectivity index (χ4v) is 3.55. The van der Waals surface area contributed by atoms with E-state index in [1.54, 1.807) is 0 Å². The summed E-state index contributed by atoms with van der Waals surface area (Å²) < 4.78 is 0. The Balaban J connectivity index is 2.09. The molecule has 0 bridgehead atoms. The van der Waals surface area contributed by atoms with Gasteiger partial charge in [-0.25, -0.2) is 0 Å². The first-order valence-electron chi connectivity index (χ1n) is 7.78. The van der Waals surface area contributed by atoms with E-state index in [0.717, 1.165) is 49.4 Å². The van der Waals surface area contributed by atoms with Gasteiger partial charge in [0.25, 0.3) is 0 Å². The molecule has 0 saturated carbocycles. The number of nitrogens with one attached hydrogen (secondary N) is 1. The number of carbonyl (C=O) groups is 1. The lowest BCUT2D eigenvalue weighted by Crippen LogP contribution is -2.50. The average molecular weight is 309 g/mol. The molecule has 1 fully saturated rings. The molecule has 3 nitrogen and oxygen atoms in total. The van der Waals surface area contributed by atoms with Crippen LogP contribution >= 0.6 is 11.6 Å². The van der Waals surface area contributed by atoms with Gasteiger partial charge in [0.05, 0.1) is 5.41 Å². The molecule has 1 amide bonds. The van der Waals surface area contributed by atoms with Gasteiger partial charge in [-0.1, -0.05) is 37.1 Å². The second-order valence-corrected chi connectivity index (χ2v) is 6.54. The van der Waals surface area contributed by atoms with Crippen LogP contribution in [0.1, 0.15) is 38.2 Å². The predicted octanol–water partition coefficient (Wildman–Crippen LogP) is 3.47. The minimum atomic E-state index is -0.222. The van der Waals surface area contributed by atoms with Crippen LogP contribution in [0.2, 0.25) is 5.02 Å². The number of rotatable bonds is 5. The lowest BCUT2D eigenvalue weighted by Gasteiger charge is -2.39. The Labute approximate surface area is 132 Å². The van der Waals surface area contributed by atoms with Crippen molar-refractivity contribution in [1.29, 1.82) is 0 Å². The van der Waals surface area contributed by atoms with Gasteiger partial charge in [-0.15, -0.1) is 0 Å². The van der Waals surface area contributed by atoms with Gasteiger partial charge in [0.2, 0.25) is 5.91 Å². The summed E-state index contributed by atoms with van der Waals surface area (Å²) in [7, 11) is 1.90. The molecule has 1 N–H and O–H groups in total. The highest BCUT2D eigenvalue weighted by atomic mass is 35.5. The maximum Gasteiger partial charge on any atom is 0.230 e. The van der Waals surface area contributed by atoms with E-state index >= 15 is 0 Å². The van der Waals surface area contributed by atoms with Crippen molar-refractivity contribution in [2.24, 2.45) is 5.41 Å². The van der Waals surface area contributed by atoms with Crippen LogP contribution in [0.3, 0.4) is 0 Å². The van der Waals surface area contributed by atoms with Crippen LogP contribution in [0.15, 0.2) is 24.3 Å². The molecule has 1 unspecified atom stereocenters. The van der Waals surface area contributed by atoms with Crippen molar-refractivity contribution in [3.8, 4) is 0 Å². The topological polar surface area (TPSA) is 32.3 Å². The Hall–Kier alpha value is -1.06. The second kappa shape index (κ2) is 7.28. The van der Waals surface area contributed by atoms with Crippen molar-refractivity contribution in [1.82, 2.24) is 10.2 Å². The van der Waals surface area contributed by atoms with E-state index in [1.807, 2.05) is 36.2 Å². The summed E-state index contributed by atoms with van der Waals surface area (Å²) in [6.45, 7) is 4.60. The van der Waals surface area contributed by atoms with Crippen LogP contribution in [0.25, 0.3) is 0 Å². The number of hydrogen-bond acceptors (Lipinski definition) is 2. The van der Waals surface area contributed by atoms with E-state index in [0.29, 0.717) is 6.54 Å². The molecule has 21 heavy (non-hydrogen) atoms. The molecule has 1 heterocycles. The van der Waals surface area contributed by atoms with Crippen molar-refractivity contribution in [3.05, 3.63) is 34.9 Å². The quantitative estimate of drug-likeness (QED) is 0.903. The predicted molar refractivity (Wildman–Crippen MR) is 87.4 cm³/mol. The monoisotopic (exact) mass is 308 g/mol. The summed E-state index contributed by atoms with van der Waals surface area (Å²) in [5.41, 5.74) is 0.856. The van der Waals surface area contributed by atoms with E-state index in [2.05, 4.69) is 12.2 Å². The van der Waals surface area contributed by atoms with E-state index < -0.39 is 0 Å². The standard InChI is InChI=1S/C17H25ClN2O/c1-3-8-17(9-5-10-19-13-17)16(21)20(2)12-14-6-4-7-15(18)11-14/h4,6-7,11,19H,3,5,8-10,12-13H2,1-2H3. The number of piperidine rings is 1. The molecule has 1 saturated heterocycles. The third-order valence-corrected chi connectivity index (χ3v) is 4.55. The number of hydrogen-bond donors (Lipinski definition) is 1. The molecule has 1 aliphatic rings. The summed E-state index contributed by atoms with van der Waals surface area (Å²) >= 11 is 6.02. The van der Waals surface area contributed by atoms with Gasteiger partial charge in [-0.2, -0.15) is 0 Å². The molecule has 0 aliphatic carbocycles. The van der Waals surface area contributed by atoms with Crippen LogP contribution in [0, 0.1) is 5.41 Å². The Morgan fingerprint density at radius 1 is 1.48 bits per heavy atom. The normalized spacial score (nSPS) is 22.0. The molecule has 1 aromatic rings. The highest BCUT2D eigenvalue weighted by molar-refractivity contribution is 6.30. The van der Waals surface area contributed by atoms with Crippen LogP contribution in [-0.2, 0) is 11.3 Å². The number of benzene rings is 1. The number of nitrogens with zero attached hydrogens (tertiary/aromatic N) is 1. The van der Waals surface area contributed by atoms with Crippen LogP contribution in [0.4, 0.5) is 0 Å². The van der Waals surface area contributed by atoms with Gasteiger partial charge in [-0.05, 0) is 43.5 Å². The smallest absolute Gasteiger partial charge is 0.230 e. The number of halogens is 1. The highest BCUT2D eigenvalue weighted by Crippen LogP contribution is 2.34. The van der Waals surface area contributed by atoms with E-state index in [1.165, 1.54) is 0 Å². The third-order valence-electron chi connectivity index (χ3n) is 4.31. The molecule has 2 rings (SSSR count). The molecule has 0 radical (unpaired) electrons. The maximum atomic E-state index is 13.0. The second-order valence-electron chi connectivity index (χ2n) is 6.10. The minimum Gasteiger partial charge on any atom is -0.341 e. The SMILES string of the molecule is CCCC1(C(=O)N(C)Cc2cccc(Cl)c2)CCCNC1. The summed E-state index contributed by atoms with van der Waals surface area (Å²) in [5, 5.41) is 4.12. The first-order chi connectivity index (χ1) is 10.1. The molecule has 4 heteroatoms. The molecular formula is C17H25ClN2O. The molecule has 1 aliphatic heterocycles. The van der Waals surface area contributed by atoms with Gasteiger partial charge in [0.1, 0.15) is 0 Å². The van der Waals surface area contributed by atoms with E-state index in [-0.39, 0.29) is 11.3 Å². The zero-order valence-corrected chi connectivity index (χ0v) is 13.7. The summed E-state index contributed by atoms with van der Waals surface area (Å²) in [6, 6.07) is 7.73. The van der Waals surface area contributed by atoms with Gasteiger partial charge >= 0.3 is 0 Å². The van der Waals surface area contributed by atoms with E-state index in [9.17, 15) is 4.79 Å². The fraction of sp³-hybridized carbons (Fsp3) is 0.588. The van der Waals surface area contributed by atoms with Crippen molar-refractivity contribution in [2.75, 3.05) is 20.1 Å². The summed E-state index contributed by atoms with van der Waals surface area (Å²) in [6.07, 6.45) is 4.07. The van der Waals surface area contributed by atoms with E-state index in [4.69, 9.17) is 11.6 Å². The van der Waals surface area contributed by atoms with Crippen molar-refractivity contribution < 1.29 is 4.79 Å². The highest BCUT2D eigenvalue weighted by Gasteiger charge is 2.40. The van der Waals surface area contributed by atoms with Gasteiger partial charge < -0.3 is 10.2 Å². The van der Waals surface area contributed by atoms with Gasteiger partial charge in [0, 0.05) is 25.2 Å². The number of carbonyl (C=O) groups excluding carboxylic acids is 1. The maximum absolute atomic E-state index is 13.0. The molecule has 0 aromatic heterocycles. The van der Waals surface area contributed by atoms with Crippen LogP contribution in [0.5, 0.6) is 0 Å². The van der Waals surface area contributed by atoms with Crippen molar-refractivity contribution >= 4 is 17.5 Å². The molecule has 1 atom stereocenters. The van der Waals surface area contributed by atoms with Crippen LogP contribution < -0.4 is 5.32 Å². The fourth-order valence-electron chi connectivity index (χ4n) is 3.34. The Morgan fingerprint density at radius 2 is 2.29 bits per heavy atom. The van der Waals surface area contributed by atoms with Gasteiger partial charge in [0.15, 0.2) is 0 Å². The zero-order chi connectivity index (χ0) is 15.3. The lowest BCUT2D eigenvalue weighted by molar-refractivity contribution is -0.143.